The van der Waals surface area contributed by atoms with Crippen LogP contribution in [0.1, 0.15) is 52.9 Å². The van der Waals surface area contributed by atoms with Crippen molar-refractivity contribution in [2.75, 3.05) is 19.6 Å². The summed E-state index contributed by atoms with van der Waals surface area (Å²) in [6, 6.07) is 0. The maximum Gasteiger partial charge on any atom is 0.407 e. The van der Waals surface area contributed by atoms with Gasteiger partial charge in [0.1, 0.15) is 5.60 Å². The Morgan fingerprint density at radius 3 is 2.50 bits per heavy atom. The van der Waals surface area contributed by atoms with Gasteiger partial charge in [-0.3, -0.25) is 4.90 Å². The van der Waals surface area contributed by atoms with Gasteiger partial charge in [0, 0.05) is 18.6 Å². The minimum absolute atomic E-state index is 0.302. The SMILES string of the molecule is CC(C)(C)OC(=O)NCCN1CCCC12CCC2. The molecule has 0 unspecified atom stereocenters. The Hall–Kier alpha value is -0.770. The second kappa shape index (κ2) is 5.08. The zero-order chi connectivity index (χ0) is 13.2. The third-order valence-corrected chi connectivity index (χ3v) is 4.08. The first-order valence-electron chi connectivity index (χ1n) is 7.13. The molecule has 104 valence electrons. The van der Waals surface area contributed by atoms with Gasteiger partial charge in [-0.05, 0) is 59.4 Å². The first-order valence-corrected chi connectivity index (χ1v) is 7.13. The fourth-order valence-electron chi connectivity index (χ4n) is 3.10. The Kier molecular flexibility index (Phi) is 3.85. The van der Waals surface area contributed by atoms with Gasteiger partial charge in [-0.1, -0.05) is 0 Å². The molecule has 1 aliphatic heterocycles. The number of nitrogens with zero attached hydrogens (tertiary/aromatic N) is 1. The zero-order valence-corrected chi connectivity index (χ0v) is 11.9. The molecule has 2 fully saturated rings. The molecule has 0 bridgehead atoms. The van der Waals surface area contributed by atoms with Crippen LogP contribution < -0.4 is 5.32 Å². The molecule has 1 amide bonds. The molecule has 1 saturated heterocycles. The highest BCUT2D eigenvalue weighted by atomic mass is 16.6. The van der Waals surface area contributed by atoms with E-state index < -0.39 is 5.60 Å². The Morgan fingerprint density at radius 2 is 1.94 bits per heavy atom. The number of hydrogen-bond donors (Lipinski definition) is 1. The zero-order valence-electron chi connectivity index (χ0n) is 11.9. The third-order valence-electron chi connectivity index (χ3n) is 4.08. The van der Waals surface area contributed by atoms with Crippen LogP contribution in [-0.2, 0) is 4.74 Å². The molecule has 2 rings (SSSR count). The maximum atomic E-state index is 11.5. The van der Waals surface area contributed by atoms with Gasteiger partial charge < -0.3 is 10.1 Å². The lowest BCUT2D eigenvalue weighted by Gasteiger charge is -2.46. The predicted octanol–water partition coefficient (Wildman–Crippen LogP) is 2.53. The summed E-state index contributed by atoms with van der Waals surface area (Å²) >= 11 is 0. The molecule has 2 aliphatic rings. The molecule has 1 aliphatic carbocycles. The fourth-order valence-corrected chi connectivity index (χ4v) is 3.10. The average Bonchev–Trinajstić information content (AvgIpc) is 2.58. The lowest BCUT2D eigenvalue weighted by Crippen LogP contribution is -2.51. The van der Waals surface area contributed by atoms with Crippen molar-refractivity contribution >= 4 is 6.09 Å². The summed E-state index contributed by atoms with van der Waals surface area (Å²) in [6.45, 7) is 8.50. The quantitative estimate of drug-likeness (QED) is 0.841. The van der Waals surface area contributed by atoms with E-state index in [0.717, 1.165) is 6.54 Å². The van der Waals surface area contributed by atoms with Crippen LogP contribution >= 0.6 is 0 Å². The number of carbonyl (C=O) groups is 1. The van der Waals surface area contributed by atoms with Crippen LogP contribution in [0.15, 0.2) is 0 Å². The molecule has 0 atom stereocenters. The normalized spacial score (nSPS) is 22.8. The largest absolute Gasteiger partial charge is 0.444 e. The van der Waals surface area contributed by atoms with E-state index in [-0.39, 0.29) is 6.09 Å². The second-order valence-corrected chi connectivity index (χ2v) is 6.60. The number of likely N-dealkylation sites (tertiary alicyclic amines) is 1. The molecular formula is C14H26N2O2. The Bertz CT molecular complexity index is 305. The number of alkyl carbamates (subject to hydrolysis) is 1. The van der Waals surface area contributed by atoms with Gasteiger partial charge in [-0.25, -0.2) is 4.79 Å². The molecule has 4 nitrogen and oxygen atoms in total. The predicted molar refractivity (Wildman–Crippen MR) is 71.6 cm³/mol. The number of carbonyl (C=O) groups excluding carboxylic acids is 1. The highest BCUT2D eigenvalue weighted by Crippen LogP contribution is 2.44. The van der Waals surface area contributed by atoms with Gasteiger partial charge in [0.15, 0.2) is 0 Å². The van der Waals surface area contributed by atoms with Gasteiger partial charge in [0.2, 0.25) is 0 Å². The minimum Gasteiger partial charge on any atom is -0.444 e. The smallest absolute Gasteiger partial charge is 0.407 e. The number of nitrogens with one attached hydrogen (secondary N) is 1. The van der Waals surface area contributed by atoms with Crippen molar-refractivity contribution in [2.24, 2.45) is 0 Å². The van der Waals surface area contributed by atoms with Crippen molar-refractivity contribution in [3.05, 3.63) is 0 Å². The van der Waals surface area contributed by atoms with Crippen LogP contribution in [0.3, 0.4) is 0 Å². The van der Waals surface area contributed by atoms with Crippen LogP contribution in [0.2, 0.25) is 0 Å². The molecule has 1 heterocycles. The second-order valence-electron chi connectivity index (χ2n) is 6.60. The van der Waals surface area contributed by atoms with Gasteiger partial charge in [0.25, 0.3) is 0 Å². The van der Waals surface area contributed by atoms with Gasteiger partial charge in [-0.15, -0.1) is 0 Å². The Morgan fingerprint density at radius 1 is 1.28 bits per heavy atom. The van der Waals surface area contributed by atoms with E-state index in [9.17, 15) is 4.79 Å². The van der Waals surface area contributed by atoms with Crippen molar-refractivity contribution in [2.45, 2.75) is 64.0 Å². The van der Waals surface area contributed by atoms with Gasteiger partial charge in [-0.2, -0.15) is 0 Å². The van der Waals surface area contributed by atoms with Crippen molar-refractivity contribution in [3.63, 3.8) is 0 Å². The van der Waals surface area contributed by atoms with Crippen LogP contribution in [0.25, 0.3) is 0 Å². The molecule has 0 aromatic rings. The van der Waals surface area contributed by atoms with Crippen LogP contribution in [0.5, 0.6) is 0 Å². The summed E-state index contributed by atoms with van der Waals surface area (Å²) in [5.74, 6) is 0. The third kappa shape index (κ3) is 3.16. The summed E-state index contributed by atoms with van der Waals surface area (Å²) in [7, 11) is 0. The summed E-state index contributed by atoms with van der Waals surface area (Å²) in [4.78, 5) is 14.1. The van der Waals surface area contributed by atoms with E-state index in [4.69, 9.17) is 4.74 Å². The topological polar surface area (TPSA) is 41.6 Å². The van der Waals surface area contributed by atoms with Gasteiger partial charge in [0.05, 0.1) is 0 Å². The molecule has 0 aromatic heterocycles. The lowest BCUT2D eigenvalue weighted by atomic mass is 9.75. The first-order chi connectivity index (χ1) is 8.41. The van der Waals surface area contributed by atoms with Crippen molar-refractivity contribution in [1.82, 2.24) is 10.2 Å². The lowest BCUT2D eigenvalue weighted by molar-refractivity contribution is 0.0439. The summed E-state index contributed by atoms with van der Waals surface area (Å²) < 4.78 is 5.23. The van der Waals surface area contributed by atoms with Crippen LogP contribution in [-0.4, -0.2) is 41.8 Å². The first kappa shape index (κ1) is 13.7. The van der Waals surface area contributed by atoms with Crippen molar-refractivity contribution < 1.29 is 9.53 Å². The van der Waals surface area contributed by atoms with Crippen LogP contribution in [0.4, 0.5) is 4.79 Å². The number of rotatable bonds is 3. The standard InChI is InChI=1S/C14H26N2O2/c1-13(2,3)18-12(17)15-9-11-16-10-5-8-14(16)6-4-7-14/h4-11H2,1-3H3,(H,15,17). The highest BCUT2D eigenvalue weighted by molar-refractivity contribution is 5.67. The fraction of sp³-hybridized carbons (Fsp3) is 0.929. The van der Waals surface area contributed by atoms with E-state index in [0.29, 0.717) is 12.1 Å². The van der Waals surface area contributed by atoms with Crippen molar-refractivity contribution in [3.8, 4) is 0 Å². The Labute approximate surface area is 110 Å². The molecule has 0 aromatic carbocycles. The average molecular weight is 254 g/mol. The number of ether oxygens (including phenoxy) is 1. The van der Waals surface area contributed by atoms with Crippen molar-refractivity contribution in [1.29, 1.82) is 0 Å². The summed E-state index contributed by atoms with van der Waals surface area (Å²) in [5, 5.41) is 2.85. The summed E-state index contributed by atoms with van der Waals surface area (Å²) in [5.41, 5.74) is 0.0858. The molecule has 1 N–H and O–H groups in total. The minimum atomic E-state index is -0.410. The maximum absolute atomic E-state index is 11.5. The molecule has 1 spiro atoms. The molecule has 18 heavy (non-hydrogen) atoms. The van der Waals surface area contributed by atoms with E-state index in [1.807, 2.05) is 20.8 Å². The van der Waals surface area contributed by atoms with E-state index in [1.54, 1.807) is 0 Å². The van der Waals surface area contributed by atoms with E-state index in [1.165, 1.54) is 38.6 Å². The monoisotopic (exact) mass is 254 g/mol. The molecule has 1 saturated carbocycles. The van der Waals surface area contributed by atoms with Gasteiger partial charge >= 0.3 is 6.09 Å². The Balaban J connectivity index is 1.68. The summed E-state index contributed by atoms with van der Waals surface area (Å²) in [6.07, 6.45) is 6.42. The molecular weight excluding hydrogens is 228 g/mol. The number of hydrogen-bond acceptors (Lipinski definition) is 3. The molecule has 0 radical (unpaired) electrons. The van der Waals surface area contributed by atoms with Crippen LogP contribution in [0, 0.1) is 0 Å². The number of amides is 1. The molecule has 4 heteroatoms. The highest BCUT2D eigenvalue weighted by Gasteiger charge is 2.44. The van der Waals surface area contributed by atoms with E-state index in [2.05, 4.69) is 10.2 Å². The van der Waals surface area contributed by atoms with E-state index >= 15 is 0 Å².